The molecule has 1 fully saturated rings. The number of hydrogen-bond acceptors (Lipinski definition) is 4. The summed E-state index contributed by atoms with van der Waals surface area (Å²) < 4.78 is 25.7. The molecule has 2 rings (SSSR count). The molecule has 1 heterocycles. The Morgan fingerprint density at radius 3 is 2.55 bits per heavy atom. The number of nitrogens with one attached hydrogen (secondary N) is 1. The first-order valence-corrected chi connectivity index (χ1v) is 8.50. The van der Waals surface area contributed by atoms with Gasteiger partial charge in [-0.05, 0) is 43.7 Å². The molecule has 3 N–H and O–H groups in total. The second kappa shape index (κ2) is 6.11. The summed E-state index contributed by atoms with van der Waals surface area (Å²) in [6, 6.07) is 7.31. The maximum absolute atomic E-state index is 11.7. The zero-order valence-corrected chi connectivity index (χ0v) is 12.9. The summed E-state index contributed by atoms with van der Waals surface area (Å²) in [4.78, 5) is 2.58. The van der Waals surface area contributed by atoms with E-state index in [2.05, 4.69) is 16.5 Å². The Hall–Kier alpha value is -1.11. The Labute approximate surface area is 121 Å². The van der Waals surface area contributed by atoms with Gasteiger partial charge in [0.25, 0.3) is 0 Å². The van der Waals surface area contributed by atoms with Gasteiger partial charge in [0.1, 0.15) is 0 Å². The number of piperidine rings is 1. The van der Waals surface area contributed by atoms with Crippen LogP contribution in [0.4, 0.5) is 5.69 Å². The van der Waals surface area contributed by atoms with Crippen LogP contribution in [0, 0.1) is 5.92 Å². The van der Waals surface area contributed by atoms with Crippen molar-refractivity contribution in [2.24, 2.45) is 11.7 Å². The summed E-state index contributed by atoms with van der Waals surface area (Å²) in [6.45, 7) is 4.03. The summed E-state index contributed by atoms with van der Waals surface area (Å²) in [6.07, 6.45) is 2.05. The molecule has 2 unspecified atom stereocenters. The minimum absolute atomic E-state index is 0.278. The first kappa shape index (κ1) is 15.3. The average Bonchev–Trinajstić information content (AvgIpc) is 2.48. The Bertz CT molecular complexity index is 542. The molecule has 2 atom stereocenters. The molecule has 1 aromatic rings. The molecule has 0 saturated carbocycles. The molecule has 1 saturated heterocycles. The lowest BCUT2D eigenvalue weighted by Gasteiger charge is -2.38. The molecule has 112 valence electrons. The minimum atomic E-state index is -3.36. The van der Waals surface area contributed by atoms with E-state index in [9.17, 15) is 8.42 Å². The van der Waals surface area contributed by atoms with Gasteiger partial charge < -0.3 is 10.6 Å². The van der Waals surface area contributed by atoms with Gasteiger partial charge in [-0.25, -0.2) is 13.1 Å². The summed E-state index contributed by atoms with van der Waals surface area (Å²) in [7, 11) is -1.94. The van der Waals surface area contributed by atoms with Crippen molar-refractivity contribution < 1.29 is 8.42 Å². The van der Waals surface area contributed by atoms with Gasteiger partial charge >= 0.3 is 0 Å². The number of nitrogens with two attached hydrogens (primary N) is 1. The second-order valence-corrected chi connectivity index (χ2v) is 7.15. The normalized spacial score (nSPS) is 23.9. The van der Waals surface area contributed by atoms with Crippen molar-refractivity contribution in [1.29, 1.82) is 0 Å². The minimum Gasteiger partial charge on any atom is -0.371 e. The van der Waals surface area contributed by atoms with Crippen molar-refractivity contribution >= 4 is 15.7 Å². The van der Waals surface area contributed by atoms with Crippen LogP contribution in [0.1, 0.15) is 19.8 Å². The van der Waals surface area contributed by atoms with Crippen LogP contribution in [0.25, 0.3) is 0 Å². The van der Waals surface area contributed by atoms with Gasteiger partial charge in [0, 0.05) is 24.8 Å². The zero-order chi connectivity index (χ0) is 14.8. The van der Waals surface area contributed by atoms with E-state index in [0.717, 1.165) is 31.6 Å². The van der Waals surface area contributed by atoms with Crippen molar-refractivity contribution in [1.82, 2.24) is 4.72 Å². The van der Waals surface area contributed by atoms with Gasteiger partial charge in [0.15, 0.2) is 0 Å². The van der Waals surface area contributed by atoms with Crippen LogP contribution in [-0.2, 0) is 10.0 Å². The predicted octanol–water partition coefficient (Wildman–Crippen LogP) is 1.16. The van der Waals surface area contributed by atoms with Crippen LogP contribution < -0.4 is 15.4 Å². The predicted molar refractivity (Wildman–Crippen MR) is 81.3 cm³/mol. The highest BCUT2D eigenvalue weighted by Gasteiger charge is 2.25. The van der Waals surface area contributed by atoms with Gasteiger partial charge in [-0.15, -0.1) is 0 Å². The van der Waals surface area contributed by atoms with E-state index in [1.54, 1.807) is 12.1 Å². The van der Waals surface area contributed by atoms with Crippen LogP contribution in [0.5, 0.6) is 0 Å². The van der Waals surface area contributed by atoms with Gasteiger partial charge in [-0.1, -0.05) is 13.3 Å². The van der Waals surface area contributed by atoms with Gasteiger partial charge in [0.2, 0.25) is 10.0 Å². The molecular formula is C14H23N3O2S. The Kier molecular flexibility index (Phi) is 4.67. The van der Waals surface area contributed by atoms with Crippen molar-refractivity contribution in [3.05, 3.63) is 24.3 Å². The second-order valence-electron chi connectivity index (χ2n) is 5.27. The van der Waals surface area contributed by atoms with E-state index < -0.39 is 10.0 Å². The third kappa shape index (κ3) is 3.13. The molecule has 20 heavy (non-hydrogen) atoms. The number of rotatable bonds is 4. The summed E-state index contributed by atoms with van der Waals surface area (Å²) in [5, 5.41) is 0. The molecule has 5 nitrogen and oxygen atoms in total. The maximum atomic E-state index is 11.7. The number of benzene rings is 1. The van der Waals surface area contributed by atoms with E-state index in [4.69, 9.17) is 5.73 Å². The molecule has 0 spiro atoms. The molecular weight excluding hydrogens is 274 g/mol. The van der Waals surface area contributed by atoms with Crippen molar-refractivity contribution in [3.63, 3.8) is 0 Å². The fourth-order valence-electron chi connectivity index (χ4n) is 2.67. The van der Waals surface area contributed by atoms with E-state index >= 15 is 0 Å². The standard InChI is InChI=1S/C14H23N3O2S/c1-3-11-10-17(9-8-14(11)15)12-4-6-13(7-5-12)20(18,19)16-2/h4-7,11,14,16H,3,8-10,15H2,1-2H3. The lowest BCUT2D eigenvalue weighted by Crippen LogP contribution is -2.46. The highest BCUT2D eigenvalue weighted by Crippen LogP contribution is 2.25. The molecule has 1 aliphatic heterocycles. The highest BCUT2D eigenvalue weighted by molar-refractivity contribution is 7.89. The zero-order valence-electron chi connectivity index (χ0n) is 12.0. The van der Waals surface area contributed by atoms with Gasteiger partial charge in [-0.3, -0.25) is 0 Å². The largest absolute Gasteiger partial charge is 0.371 e. The molecule has 6 heteroatoms. The van der Waals surface area contributed by atoms with Crippen molar-refractivity contribution in [3.8, 4) is 0 Å². The average molecular weight is 297 g/mol. The monoisotopic (exact) mass is 297 g/mol. The Morgan fingerprint density at radius 2 is 2.00 bits per heavy atom. The van der Waals surface area contributed by atoms with Crippen LogP contribution in [-0.4, -0.2) is 34.6 Å². The number of nitrogens with zero attached hydrogens (tertiary/aromatic N) is 1. The fourth-order valence-corrected chi connectivity index (χ4v) is 3.40. The van der Waals surface area contributed by atoms with E-state index in [-0.39, 0.29) is 6.04 Å². The third-order valence-corrected chi connectivity index (χ3v) is 5.53. The molecule has 0 radical (unpaired) electrons. The molecule has 0 amide bonds. The smallest absolute Gasteiger partial charge is 0.240 e. The van der Waals surface area contributed by atoms with Crippen molar-refractivity contribution in [2.45, 2.75) is 30.7 Å². The molecule has 1 aromatic carbocycles. The lowest BCUT2D eigenvalue weighted by molar-refractivity contribution is 0.348. The fraction of sp³-hybridized carbons (Fsp3) is 0.571. The molecule has 0 aromatic heterocycles. The van der Waals surface area contributed by atoms with Crippen LogP contribution in [0.2, 0.25) is 0 Å². The summed E-state index contributed by atoms with van der Waals surface area (Å²) in [5.41, 5.74) is 7.18. The third-order valence-electron chi connectivity index (χ3n) is 4.10. The van der Waals surface area contributed by atoms with Crippen LogP contribution in [0.15, 0.2) is 29.2 Å². The first-order valence-electron chi connectivity index (χ1n) is 7.02. The van der Waals surface area contributed by atoms with Crippen LogP contribution in [0.3, 0.4) is 0 Å². The summed E-state index contributed by atoms with van der Waals surface area (Å²) in [5.74, 6) is 0.504. The van der Waals surface area contributed by atoms with Crippen LogP contribution >= 0.6 is 0 Å². The topological polar surface area (TPSA) is 75.4 Å². The SMILES string of the molecule is CCC1CN(c2ccc(S(=O)(=O)NC)cc2)CCC1N. The number of sulfonamides is 1. The maximum Gasteiger partial charge on any atom is 0.240 e. The Morgan fingerprint density at radius 1 is 1.35 bits per heavy atom. The molecule has 0 bridgehead atoms. The first-order chi connectivity index (χ1) is 9.47. The van der Waals surface area contributed by atoms with Gasteiger partial charge in [0.05, 0.1) is 4.90 Å². The quantitative estimate of drug-likeness (QED) is 0.874. The summed E-state index contributed by atoms with van der Waals surface area (Å²) >= 11 is 0. The Balaban J connectivity index is 2.15. The van der Waals surface area contributed by atoms with Gasteiger partial charge in [-0.2, -0.15) is 0 Å². The number of anilines is 1. The van der Waals surface area contributed by atoms with E-state index in [1.807, 2.05) is 12.1 Å². The van der Waals surface area contributed by atoms with E-state index in [1.165, 1.54) is 7.05 Å². The number of hydrogen-bond donors (Lipinski definition) is 2. The molecule has 1 aliphatic rings. The van der Waals surface area contributed by atoms with Crippen molar-refractivity contribution in [2.75, 3.05) is 25.0 Å². The highest BCUT2D eigenvalue weighted by atomic mass is 32.2. The van der Waals surface area contributed by atoms with E-state index in [0.29, 0.717) is 10.8 Å². The lowest BCUT2D eigenvalue weighted by atomic mass is 9.90. The molecule has 0 aliphatic carbocycles.